The molecule has 0 radical (unpaired) electrons. The van der Waals surface area contributed by atoms with Crippen LogP contribution in [0.3, 0.4) is 0 Å². The summed E-state index contributed by atoms with van der Waals surface area (Å²) in [4.78, 5) is 27.6. The summed E-state index contributed by atoms with van der Waals surface area (Å²) in [5, 5.41) is 0. The zero-order valence-corrected chi connectivity index (χ0v) is 13.4. The lowest BCUT2D eigenvalue weighted by Crippen LogP contribution is -2.57. The van der Waals surface area contributed by atoms with Crippen molar-refractivity contribution in [3.63, 3.8) is 0 Å². The molecule has 0 aromatic heterocycles. The number of carbonyl (C=O) groups excluding carboxylic acids is 2. The summed E-state index contributed by atoms with van der Waals surface area (Å²) >= 11 is 0. The Morgan fingerprint density at radius 2 is 1.47 bits per heavy atom. The average Bonchev–Trinajstić information content (AvgIpc) is 2.27. The molecule has 0 rings (SSSR count). The molecular formula is C14H29N3O2. The molecular weight excluding hydrogens is 242 g/mol. The first-order valence-electron chi connectivity index (χ1n) is 6.81. The standard InChI is InChI=1S/C14H29N3O2/c1-8-17(9-2)11(18)10-16(7)12(19)13(3,4)14(5,6)15/h8-10,15H2,1-7H3. The normalized spacial score (nSPS) is 12.2. The van der Waals surface area contributed by atoms with Crippen molar-refractivity contribution in [1.82, 2.24) is 9.80 Å². The first-order chi connectivity index (χ1) is 8.48. The maximum absolute atomic E-state index is 12.4. The van der Waals surface area contributed by atoms with Gasteiger partial charge >= 0.3 is 0 Å². The maximum atomic E-state index is 12.4. The third-order valence-corrected chi connectivity index (χ3v) is 3.98. The van der Waals surface area contributed by atoms with Crippen molar-refractivity contribution in [1.29, 1.82) is 0 Å². The Bertz CT molecular complexity index is 328. The average molecular weight is 271 g/mol. The molecule has 2 N–H and O–H groups in total. The summed E-state index contributed by atoms with van der Waals surface area (Å²) in [5.41, 5.74) is 4.69. The lowest BCUT2D eigenvalue weighted by Gasteiger charge is -2.39. The maximum Gasteiger partial charge on any atom is 0.242 e. The van der Waals surface area contributed by atoms with Gasteiger partial charge in [-0.2, -0.15) is 0 Å². The van der Waals surface area contributed by atoms with Crippen molar-refractivity contribution in [3.8, 4) is 0 Å². The van der Waals surface area contributed by atoms with Gasteiger partial charge in [0.2, 0.25) is 11.8 Å². The van der Waals surface area contributed by atoms with Crippen molar-refractivity contribution >= 4 is 11.8 Å². The van der Waals surface area contributed by atoms with E-state index in [-0.39, 0.29) is 18.4 Å². The van der Waals surface area contributed by atoms with Crippen molar-refractivity contribution < 1.29 is 9.59 Å². The summed E-state index contributed by atoms with van der Waals surface area (Å²) in [6.07, 6.45) is 0. The topological polar surface area (TPSA) is 66.6 Å². The molecule has 0 spiro atoms. The molecule has 5 heteroatoms. The largest absolute Gasteiger partial charge is 0.342 e. The molecule has 112 valence electrons. The summed E-state index contributed by atoms with van der Waals surface area (Å²) in [6, 6.07) is 0. The number of likely N-dealkylation sites (N-methyl/N-ethyl adjacent to an activating group) is 2. The van der Waals surface area contributed by atoms with Crippen LogP contribution >= 0.6 is 0 Å². The first-order valence-corrected chi connectivity index (χ1v) is 6.81. The van der Waals surface area contributed by atoms with E-state index < -0.39 is 11.0 Å². The molecule has 0 aromatic rings. The van der Waals surface area contributed by atoms with E-state index in [0.717, 1.165) is 0 Å². The molecule has 0 bridgehead atoms. The molecule has 0 saturated heterocycles. The predicted molar refractivity (Wildman–Crippen MR) is 77.6 cm³/mol. The Hall–Kier alpha value is -1.10. The highest BCUT2D eigenvalue weighted by Gasteiger charge is 2.42. The van der Waals surface area contributed by atoms with Gasteiger partial charge in [-0.05, 0) is 41.5 Å². The van der Waals surface area contributed by atoms with Crippen LogP contribution in [0.15, 0.2) is 0 Å². The van der Waals surface area contributed by atoms with E-state index in [2.05, 4.69) is 0 Å². The third-order valence-electron chi connectivity index (χ3n) is 3.98. The minimum absolute atomic E-state index is 0.0357. The van der Waals surface area contributed by atoms with Crippen molar-refractivity contribution in [2.45, 2.75) is 47.1 Å². The van der Waals surface area contributed by atoms with E-state index >= 15 is 0 Å². The fraction of sp³-hybridized carbons (Fsp3) is 0.857. The second-order valence-electron chi connectivity index (χ2n) is 6.07. The molecule has 5 nitrogen and oxygen atoms in total. The molecule has 0 aromatic carbocycles. The van der Waals surface area contributed by atoms with Crippen LogP contribution in [0.2, 0.25) is 0 Å². The fourth-order valence-electron chi connectivity index (χ4n) is 1.70. The van der Waals surface area contributed by atoms with E-state index in [1.165, 1.54) is 4.90 Å². The van der Waals surface area contributed by atoms with Gasteiger partial charge in [0.25, 0.3) is 0 Å². The van der Waals surface area contributed by atoms with Gasteiger partial charge in [0, 0.05) is 25.7 Å². The molecule has 0 saturated carbocycles. The summed E-state index contributed by atoms with van der Waals surface area (Å²) in [6.45, 7) is 12.5. The van der Waals surface area contributed by atoms with Crippen molar-refractivity contribution in [2.75, 3.05) is 26.7 Å². The van der Waals surface area contributed by atoms with Crippen LogP contribution in [0.25, 0.3) is 0 Å². The van der Waals surface area contributed by atoms with Gasteiger partial charge in [0.05, 0.1) is 12.0 Å². The van der Waals surface area contributed by atoms with Crippen LogP contribution in [-0.4, -0.2) is 53.8 Å². The second-order valence-corrected chi connectivity index (χ2v) is 6.07. The quantitative estimate of drug-likeness (QED) is 0.786. The molecule has 0 atom stereocenters. The molecule has 0 fully saturated rings. The highest BCUT2D eigenvalue weighted by molar-refractivity contribution is 5.88. The lowest BCUT2D eigenvalue weighted by atomic mass is 9.74. The molecule has 2 amide bonds. The Kier molecular flexibility index (Phi) is 6.00. The molecule has 0 heterocycles. The lowest BCUT2D eigenvalue weighted by molar-refractivity contribution is -0.147. The summed E-state index contributed by atoms with van der Waals surface area (Å²) in [5.74, 6) is -0.146. The smallest absolute Gasteiger partial charge is 0.242 e. The number of rotatable bonds is 6. The van der Waals surface area contributed by atoms with Crippen LogP contribution in [0.4, 0.5) is 0 Å². The fourth-order valence-corrected chi connectivity index (χ4v) is 1.70. The zero-order valence-electron chi connectivity index (χ0n) is 13.4. The number of nitrogens with two attached hydrogens (primary N) is 1. The van der Waals surface area contributed by atoms with Gasteiger partial charge in [-0.25, -0.2) is 0 Å². The van der Waals surface area contributed by atoms with Gasteiger partial charge in [0.1, 0.15) is 0 Å². The van der Waals surface area contributed by atoms with Gasteiger partial charge in [-0.15, -0.1) is 0 Å². The molecule has 0 aliphatic rings. The van der Waals surface area contributed by atoms with E-state index in [1.54, 1.807) is 11.9 Å². The molecule has 0 aliphatic carbocycles. The van der Waals surface area contributed by atoms with Crippen molar-refractivity contribution in [2.24, 2.45) is 11.1 Å². The third kappa shape index (κ3) is 4.20. The highest BCUT2D eigenvalue weighted by Crippen LogP contribution is 2.30. The predicted octanol–water partition coefficient (Wildman–Crippen LogP) is 1.08. The van der Waals surface area contributed by atoms with Crippen LogP contribution in [-0.2, 0) is 9.59 Å². The molecule has 0 unspecified atom stereocenters. The Morgan fingerprint density at radius 1 is 1.05 bits per heavy atom. The van der Waals surface area contributed by atoms with Crippen molar-refractivity contribution in [3.05, 3.63) is 0 Å². The van der Waals surface area contributed by atoms with E-state index in [9.17, 15) is 9.59 Å². The minimum Gasteiger partial charge on any atom is -0.342 e. The van der Waals surface area contributed by atoms with Crippen LogP contribution in [0.1, 0.15) is 41.5 Å². The van der Waals surface area contributed by atoms with Gasteiger partial charge in [-0.3, -0.25) is 9.59 Å². The second kappa shape index (κ2) is 6.37. The van der Waals surface area contributed by atoms with E-state index in [0.29, 0.717) is 13.1 Å². The SMILES string of the molecule is CCN(CC)C(=O)CN(C)C(=O)C(C)(C)C(C)(C)N. The number of hydrogen-bond acceptors (Lipinski definition) is 3. The van der Waals surface area contributed by atoms with Gasteiger partial charge in [0.15, 0.2) is 0 Å². The number of carbonyl (C=O) groups is 2. The number of hydrogen-bond donors (Lipinski definition) is 1. The van der Waals surface area contributed by atoms with Gasteiger partial charge in [-0.1, -0.05) is 0 Å². The first kappa shape index (κ1) is 17.9. The Morgan fingerprint density at radius 3 is 1.79 bits per heavy atom. The summed E-state index contributed by atoms with van der Waals surface area (Å²) in [7, 11) is 1.65. The molecule has 19 heavy (non-hydrogen) atoms. The van der Waals surface area contributed by atoms with E-state index in [4.69, 9.17) is 5.73 Å². The van der Waals surface area contributed by atoms with Crippen LogP contribution < -0.4 is 5.73 Å². The zero-order chi connectivity index (χ0) is 15.4. The number of amides is 2. The van der Waals surface area contributed by atoms with Crippen LogP contribution in [0, 0.1) is 5.41 Å². The monoisotopic (exact) mass is 271 g/mol. The van der Waals surface area contributed by atoms with E-state index in [1.807, 2.05) is 41.5 Å². The minimum atomic E-state index is -0.717. The Labute approximate surface area is 117 Å². The number of nitrogens with zero attached hydrogens (tertiary/aromatic N) is 2. The summed E-state index contributed by atoms with van der Waals surface area (Å²) < 4.78 is 0. The highest BCUT2D eigenvalue weighted by atomic mass is 16.2. The Balaban J connectivity index is 4.81. The van der Waals surface area contributed by atoms with Crippen LogP contribution in [0.5, 0.6) is 0 Å². The van der Waals surface area contributed by atoms with Gasteiger partial charge < -0.3 is 15.5 Å². The molecule has 0 aliphatic heterocycles.